The Morgan fingerprint density at radius 2 is 1.72 bits per heavy atom. The van der Waals surface area contributed by atoms with Gasteiger partial charge in [-0.15, -0.1) is 0 Å². The summed E-state index contributed by atoms with van der Waals surface area (Å²) in [5.41, 5.74) is 1.39. The molecule has 0 bridgehead atoms. The summed E-state index contributed by atoms with van der Waals surface area (Å²) < 4.78 is 26.6. The van der Waals surface area contributed by atoms with Crippen molar-refractivity contribution in [2.24, 2.45) is 5.92 Å². The molecule has 0 spiro atoms. The summed E-state index contributed by atoms with van der Waals surface area (Å²) in [5.74, 6) is 0.617. The molecule has 0 N–H and O–H groups in total. The van der Waals surface area contributed by atoms with Gasteiger partial charge in [0.05, 0.1) is 5.75 Å². The SMILES string of the molecule is C[C@H]1CCCN(C(=O)c2ccc(CS(=O)(=O)N3CCCCC3)cc2)C1. The number of likely N-dealkylation sites (tertiary alicyclic amines) is 1. The Hall–Kier alpha value is -1.40. The van der Waals surface area contributed by atoms with Gasteiger partial charge in [-0.05, 0) is 49.3 Å². The van der Waals surface area contributed by atoms with Crippen LogP contribution in [0.5, 0.6) is 0 Å². The Kier molecular flexibility index (Phi) is 5.79. The molecule has 2 heterocycles. The molecule has 1 amide bonds. The fourth-order valence-corrected chi connectivity index (χ4v) is 5.36. The Balaban J connectivity index is 1.64. The van der Waals surface area contributed by atoms with Crippen LogP contribution in [-0.2, 0) is 15.8 Å². The quantitative estimate of drug-likeness (QED) is 0.825. The van der Waals surface area contributed by atoms with Crippen LogP contribution < -0.4 is 0 Å². The summed E-state index contributed by atoms with van der Waals surface area (Å²) in [7, 11) is -3.26. The first-order chi connectivity index (χ1) is 12.0. The minimum absolute atomic E-state index is 0.0161. The van der Waals surface area contributed by atoms with Crippen LogP contribution in [0.3, 0.4) is 0 Å². The normalized spacial score (nSPS) is 22.8. The van der Waals surface area contributed by atoms with Gasteiger partial charge in [-0.25, -0.2) is 12.7 Å². The number of hydrogen-bond acceptors (Lipinski definition) is 3. The summed E-state index contributed by atoms with van der Waals surface area (Å²) in [5, 5.41) is 0. The number of piperidine rings is 2. The number of hydrogen-bond donors (Lipinski definition) is 0. The fourth-order valence-electron chi connectivity index (χ4n) is 3.74. The third-order valence-corrected chi connectivity index (χ3v) is 7.05. The van der Waals surface area contributed by atoms with E-state index in [1.165, 1.54) is 6.42 Å². The van der Waals surface area contributed by atoms with Crippen molar-refractivity contribution in [3.05, 3.63) is 35.4 Å². The molecular formula is C19H28N2O3S. The summed E-state index contributed by atoms with van der Waals surface area (Å²) in [6.07, 6.45) is 5.23. The molecule has 0 radical (unpaired) electrons. The molecule has 0 saturated carbocycles. The van der Waals surface area contributed by atoms with Gasteiger partial charge in [0, 0.05) is 31.7 Å². The molecule has 3 rings (SSSR count). The van der Waals surface area contributed by atoms with Crippen molar-refractivity contribution in [3.63, 3.8) is 0 Å². The maximum Gasteiger partial charge on any atom is 0.253 e. The largest absolute Gasteiger partial charge is 0.338 e. The highest BCUT2D eigenvalue weighted by Crippen LogP contribution is 2.20. The average Bonchev–Trinajstić information content (AvgIpc) is 2.62. The molecule has 0 unspecified atom stereocenters. The summed E-state index contributed by atoms with van der Waals surface area (Å²) in [6.45, 7) is 5.06. The molecule has 1 aromatic rings. The topological polar surface area (TPSA) is 57.7 Å². The van der Waals surface area contributed by atoms with Crippen LogP contribution in [0, 0.1) is 5.92 Å². The van der Waals surface area contributed by atoms with Crippen molar-refractivity contribution in [3.8, 4) is 0 Å². The molecule has 138 valence electrons. The number of nitrogens with zero attached hydrogens (tertiary/aromatic N) is 2. The van der Waals surface area contributed by atoms with Gasteiger partial charge in [0.1, 0.15) is 0 Å². The predicted molar refractivity (Wildman–Crippen MR) is 98.8 cm³/mol. The second kappa shape index (κ2) is 7.87. The van der Waals surface area contributed by atoms with E-state index in [4.69, 9.17) is 0 Å². The van der Waals surface area contributed by atoms with Crippen molar-refractivity contribution in [2.75, 3.05) is 26.2 Å². The Morgan fingerprint density at radius 1 is 1.04 bits per heavy atom. The zero-order valence-electron chi connectivity index (χ0n) is 15.0. The van der Waals surface area contributed by atoms with Crippen molar-refractivity contribution >= 4 is 15.9 Å². The Labute approximate surface area is 151 Å². The van der Waals surface area contributed by atoms with Crippen LogP contribution >= 0.6 is 0 Å². The van der Waals surface area contributed by atoms with Gasteiger partial charge in [0.15, 0.2) is 0 Å². The highest BCUT2D eigenvalue weighted by atomic mass is 32.2. The molecule has 25 heavy (non-hydrogen) atoms. The third kappa shape index (κ3) is 4.61. The monoisotopic (exact) mass is 364 g/mol. The van der Waals surface area contributed by atoms with E-state index in [2.05, 4.69) is 6.92 Å². The average molecular weight is 365 g/mol. The van der Waals surface area contributed by atoms with Crippen LogP contribution in [0.1, 0.15) is 54.9 Å². The zero-order chi connectivity index (χ0) is 17.9. The molecule has 0 aliphatic carbocycles. The minimum atomic E-state index is -3.26. The first-order valence-electron chi connectivity index (χ1n) is 9.32. The maximum atomic E-state index is 12.6. The third-order valence-electron chi connectivity index (χ3n) is 5.20. The fraction of sp³-hybridized carbons (Fsp3) is 0.632. The first kappa shape index (κ1) is 18.4. The first-order valence-corrected chi connectivity index (χ1v) is 10.9. The van der Waals surface area contributed by atoms with E-state index in [0.29, 0.717) is 24.6 Å². The van der Waals surface area contributed by atoms with Crippen LogP contribution in [-0.4, -0.2) is 49.7 Å². The Bertz CT molecular complexity index is 694. The van der Waals surface area contributed by atoms with Crippen LogP contribution in [0.2, 0.25) is 0 Å². The molecule has 2 aliphatic rings. The molecule has 0 aromatic heterocycles. The maximum absolute atomic E-state index is 12.6. The Morgan fingerprint density at radius 3 is 2.36 bits per heavy atom. The molecule has 2 aliphatic heterocycles. The second-order valence-electron chi connectivity index (χ2n) is 7.41. The summed E-state index contributed by atoms with van der Waals surface area (Å²) >= 11 is 0. The molecule has 1 aromatic carbocycles. The van der Waals surface area contributed by atoms with Crippen LogP contribution in [0.4, 0.5) is 0 Å². The van der Waals surface area contributed by atoms with Gasteiger partial charge in [-0.3, -0.25) is 4.79 Å². The number of rotatable bonds is 4. The van der Waals surface area contributed by atoms with E-state index < -0.39 is 10.0 Å². The smallest absolute Gasteiger partial charge is 0.253 e. The highest BCUT2D eigenvalue weighted by Gasteiger charge is 2.25. The molecule has 2 fully saturated rings. The molecule has 6 heteroatoms. The van der Waals surface area contributed by atoms with Crippen LogP contribution in [0.15, 0.2) is 24.3 Å². The summed E-state index contributed by atoms with van der Waals surface area (Å²) in [4.78, 5) is 14.5. The molecule has 5 nitrogen and oxygen atoms in total. The molecule has 2 saturated heterocycles. The van der Waals surface area contributed by atoms with Gasteiger partial charge in [-0.2, -0.15) is 0 Å². The lowest BCUT2D eigenvalue weighted by Crippen LogP contribution is -2.39. The lowest BCUT2D eigenvalue weighted by Gasteiger charge is -2.31. The number of amides is 1. The number of carbonyl (C=O) groups excluding carboxylic acids is 1. The van der Waals surface area contributed by atoms with Gasteiger partial charge >= 0.3 is 0 Å². The number of carbonyl (C=O) groups is 1. The van der Waals surface area contributed by atoms with Gasteiger partial charge < -0.3 is 4.90 Å². The van der Waals surface area contributed by atoms with E-state index in [1.54, 1.807) is 28.6 Å². The van der Waals surface area contributed by atoms with Gasteiger partial charge in [0.25, 0.3) is 5.91 Å². The van der Waals surface area contributed by atoms with Gasteiger partial charge in [0.2, 0.25) is 10.0 Å². The predicted octanol–water partition coefficient (Wildman–Crippen LogP) is 2.87. The van der Waals surface area contributed by atoms with E-state index in [0.717, 1.165) is 44.3 Å². The van der Waals surface area contributed by atoms with Crippen molar-refractivity contribution in [1.82, 2.24) is 9.21 Å². The van der Waals surface area contributed by atoms with Crippen molar-refractivity contribution in [2.45, 2.75) is 44.8 Å². The highest BCUT2D eigenvalue weighted by molar-refractivity contribution is 7.88. The lowest BCUT2D eigenvalue weighted by molar-refractivity contribution is 0.0683. The van der Waals surface area contributed by atoms with E-state index >= 15 is 0 Å². The molecule has 1 atom stereocenters. The van der Waals surface area contributed by atoms with Gasteiger partial charge in [-0.1, -0.05) is 25.5 Å². The van der Waals surface area contributed by atoms with E-state index in [-0.39, 0.29) is 11.7 Å². The second-order valence-corrected chi connectivity index (χ2v) is 9.38. The van der Waals surface area contributed by atoms with Crippen LogP contribution in [0.25, 0.3) is 0 Å². The molecular weight excluding hydrogens is 336 g/mol. The number of benzene rings is 1. The van der Waals surface area contributed by atoms with E-state index in [1.807, 2.05) is 4.90 Å². The van der Waals surface area contributed by atoms with Crippen molar-refractivity contribution < 1.29 is 13.2 Å². The lowest BCUT2D eigenvalue weighted by atomic mass is 9.99. The van der Waals surface area contributed by atoms with E-state index in [9.17, 15) is 13.2 Å². The zero-order valence-corrected chi connectivity index (χ0v) is 15.8. The number of sulfonamides is 1. The summed E-state index contributed by atoms with van der Waals surface area (Å²) in [6, 6.07) is 7.09. The van der Waals surface area contributed by atoms with Crippen molar-refractivity contribution in [1.29, 1.82) is 0 Å². The minimum Gasteiger partial charge on any atom is -0.338 e. The standard InChI is InChI=1S/C19H28N2O3S/c1-16-6-5-11-20(14-16)19(22)18-9-7-17(8-10-18)15-25(23,24)21-12-3-2-4-13-21/h7-10,16H,2-6,11-15H2,1H3/t16-/m0/s1.